The Hall–Kier alpha value is -2.12. The smallest absolute Gasteiger partial charge is 0.230 e. The lowest BCUT2D eigenvalue weighted by Crippen LogP contribution is -2.28. The summed E-state index contributed by atoms with van der Waals surface area (Å²) in [4.78, 5) is 16.5. The third-order valence-corrected chi connectivity index (χ3v) is 4.13. The molecule has 0 saturated carbocycles. The van der Waals surface area contributed by atoms with Gasteiger partial charge in [0.25, 0.3) is 0 Å². The molecule has 2 rings (SSSR count). The van der Waals surface area contributed by atoms with E-state index in [-0.39, 0.29) is 11.8 Å². The Bertz CT molecular complexity index is 672. The maximum atomic E-state index is 12.0. The van der Waals surface area contributed by atoms with Crippen LogP contribution in [0, 0.1) is 5.92 Å². The summed E-state index contributed by atoms with van der Waals surface area (Å²) in [6.07, 6.45) is 0. The molecule has 1 atom stereocenters. The molecule has 0 fully saturated rings. The number of nitrogens with one attached hydrogen (secondary N) is 2. The predicted molar refractivity (Wildman–Crippen MR) is 92.4 cm³/mol. The fourth-order valence-electron chi connectivity index (χ4n) is 2.10. The molecule has 23 heavy (non-hydrogen) atoms. The zero-order valence-electron chi connectivity index (χ0n) is 13.7. The maximum absolute atomic E-state index is 12.0. The largest absolute Gasteiger partial charge is 0.497 e. The molecule has 7 heteroatoms. The molecule has 0 aliphatic carbocycles. The average molecular weight is 335 g/mol. The van der Waals surface area contributed by atoms with E-state index in [1.807, 2.05) is 37.6 Å². The fourth-order valence-corrected chi connectivity index (χ4v) is 2.81. The molecule has 1 amide bonds. The first-order valence-electron chi connectivity index (χ1n) is 7.22. The van der Waals surface area contributed by atoms with Gasteiger partial charge in [-0.05, 0) is 25.2 Å². The van der Waals surface area contributed by atoms with Crippen LogP contribution in [-0.2, 0) is 4.79 Å². The number of hydrogen-bond acceptors (Lipinski definition) is 6. The van der Waals surface area contributed by atoms with Gasteiger partial charge in [-0.2, -0.15) is 0 Å². The molecule has 1 unspecified atom stereocenters. The Balaban J connectivity index is 2.20. The second-order valence-electron chi connectivity index (χ2n) is 5.05. The van der Waals surface area contributed by atoms with E-state index in [4.69, 9.17) is 9.47 Å². The first-order chi connectivity index (χ1) is 11.1. The van der Waals surface area contributed by atoms with Crippen LogP contribution in [-0.4, -0.2) is 38.7 Å². The molecule has 1 aromatic heterocycles. The zero-order chi connectivity index (χ0) is 16.8. The number of methoxy groups -OCH3 is 2. The summed E-state index contributed by atoms with van der Waals surface area (Å²) in [5.74, 6) is 1.25. The molecule has 124 valence electrons. The number of carbonyl (C=O) groups excluding carboxylic acids is 1. The highest BCUT2D eigenvalue weighted by atomic mass is 32.1. The van der Waals surface area contributed by atoms with Crippen LogP contribution >= 0.6 is 11.3 Å². The van der Waals surface area contributed by atoms with Crippen LogP contribution < -0.4 is 20.1 Å². The van der Waals surface area contributed by atoms with Crippen molar-refractivity contribution in [2.45, 2.75) is 6.92 Å². The second-order valence-corrected chi connectivity index (χ2v) is 5.91. The van der Waals surface area contributed by atoms with Crippen molar-refractivity contribution in [3.05, 3.63) is 23.6 Å². The third-order valence-electron chi connectivity index (χ3n) is 3.37. The predicted octanol–water partition coefficient (Wildman–Crippen LogP) is 2.62. The summed E-state index contributed by atoms with van der Waals surface area (Å²) in [5, 5.41) is 8.28. The van der Waals surface area contributed by atoms with Crippen molar-refractivity contribution >= 4 is 22.4 Å². The molecule has 0 bridgehead atoms. The SMILES string of the molecule is CNCC(C)C(=O)Nc1nc(-c2cc(OC)ccc2OC)cs1. The van der Waals surface area contributed by atoms with Crippen LogP contribution in [0.3, 0.4) is 0 Å². The Kier molecular flexibility index (Phi) is 5.95. The van der Waals surface area contributed by atoms with Gasteiger partial charge in [-0.3, -0.25) is 4.79 Å². The number of aromatic nitrogens is 1. The normalized spacial score (nSPS) is 11.8. The highest BCUT2D eigenvalue weighted by Gasteiger charge is 2.16. The standard InChI is InChI=1S/C16H21N3O3S/c1-10(8-17-2)15(20)19-16-18-13(9-23-16)12-7-11(21-3)5-6-14(12)22-4/h5-7,9-10,17H,8H2,1-4H3,(H,18,19,20). The molecule has 6 nitrogen and oxygen atoms in total. The van der Waals surface area contributed by atoms with Crippen molar-refractivity contribution in [3.63, 3.8) is 0 Å². The lowest BCUT2D eigenvalue weighted by Gasteiger charge is -2.10. The van der Waals surface area contributed by atoms with Crippen molar-refractivity contribution in [3.8, 4) is 22.8 Å². The molecule has 0 radical (unpaired) electrons. The van der Waals surface area contributed by atoms with Crippen molar-refractivity contribution in [2.75, 3.05) is 33.1 Å². The number of thiazole rings is 1. The molecular weight excluding hydrogens is 314 g/mol. The zero-order valence-corrected chi connectivity index (χ0v) is 14.5. The van der Waals surface area contributed by atoms with E-state index in [0.29, 0.717) is 17.4 Å². The Morgan fingerprint density at radius 1 is 1.35 bits per heavy atom. The first kappa shape index (κ1) is 17.2. The molecular formula is C16H21N3O3S. The van der Waals surface area contributed by atoms with Crippen molar-refractivity contribution < 1.29 is 14.3 Å². The number of hydrogen-bond donors (Lipinski definition) is 2. The lowest BCUT2D eigenvalue weighted by atomic mass is 10.1. The van der Waals surface area contributed by atoms with Gasteiger partial charge in [-0.15, -0.1) is 11.3 Å². The molecule has 1 heterocycles. The summed E-state index contributed by atoms with van der Waals surface area (Å²) < 4.78 is 10.6. The number of carbonyl (C=O) groups is 1. The van der Waals surface area contributed by atoms with Crippen LogP contribution in [0.15, 0.2) is 23.6 Å². The van der Waals surface area contributed by atoms with Crippen LogP contribution in [0.4, 0.5) is 5.13 Å². The molecule has 2 aromatic rings. The molecule has 0 spiro atoms. The maximum Gasteiger partial charge on any atom is 0.230 e. The Labute approximate surface area is 139 Å². The summed E-state index contributed by atoms with van der Waals surface area (Å²) in [7, 11) is 5.04. The van der Waals surface area contributed by atoms with Gasteiger partial charge < -0.3 is 20.1 Å². The molecule has 1 aromatic carbocycles. The summed E-state index contributed by atoms with van der Waals surface area (Å²) >= 11 is 1.38. The van der Waals surface area contributed by atoms with Crippen LogP contribution in [0.2, 0.25) is 0 Å². The molecule has 0 aliphatic heterocycles. The Morgan fingerprint density at radius 2 is 2.13 bits per heavy atom. The molecule has 0 saturated heterocycles. The van der Waals surface area contributed by atoms with Gasteiger partial charge >= 0.3 is 0 Å². The highest BCUT2D eigenvalue weighted by Crippen LogP contribution is 2.35. The van der Waals surface area contributed by atoms with Crippen LogP contribution in [0.5, 0.6) is 11.5 Å². The van der Waals surface area contributed by atoms with Crippen molar-refractivity contribution in [2.24, 2.45) is 5.92 Å². The summed E-state index contributed by atoms with van der Waals surface area (Å²) in [5.41, 5.74) is 1.56. The number of rotatable bonds is 7. The molecule has 0 aliphatic rings. The highest BCUT2D eigenvalue weighted by molar-refractivity contribution is 7.14. The average Bonchev–Trinajstić information content (AvgIpc) is 3.02. The number of nitrogens with zero attached hydrogens (tertiary/aromatic N) is 1. The monoisotopic (exact) mass is 335 g/mol. The number of amides is 1. The van der Waals surface area contributed by atoms with E-state index in [0.717, 1.165) is 17.0 Å². The Morgan fingerprint density at radius 3 is 2.78 bits per heavy atom. The van der Waals surface area contributed by atoms with Gasteiger partial charge in [-0.25, -0.2) is 4.98 Å². The van der Waals surface area contributed by atoms with Crippen molar-refractivity contribution in [1.82, 2.24) is 10.3 Å². The van der Waals surface area contributed by atoms with E-state index in [1.54, 1.807) is 14.2 Å². The third kappa shape index (κ3) is 4.20. The van der Waals surface area contributed by atoms with Crippen molar-refractivity contribution in [1.29, 1.82) is 0 Å². The number of benzene rings is 1. The van der Waals surface area contributed by atoms with Gasteiger partial charge in [0.2, 0.25) is 5.91 Å². The van der Waals surface area contributed by atoms with Gasteiger partial charge in [0.05, 0.1) is 19.9 Å². The van der Waals surface area contributed by atoms with E-state index >= 15 is 0 Å². The topological polar surface area (TPSA) is 72.5 Å². The number of ether oxygens (including phenoxy) is 2. The summed E-state index contributed by atoms with van der Waals surface area (Å²) in [6.45, 7) is 2.49. The van der Waals surface area contributed by atoms with Gasteiger partial charge in [0.15, 0.2) is 5.13 Å². The minimum absolute atomic E-state index is 0.0575. The quantitative estimate of drug-likeness (QED) is 0.814. The fraction of sp³-hybridized carbons (Fsp3) is 0.375. The number of anilines is 1. The van der Waals surface area contributed by atoms with Crippen LogP contribution in [0.1, 0.15) is 6.92 Å². The van der Waals surface area contributed by atoms with E-state index in [2.05, 4.69) is 15.6 Å². The van der Waals surface area contributed by atoms with Crippen LogP contribution in [0.25, 0.3) is 11.3 Å². The second kappa shape index (κ2) is 7.94. The summed E-state index contributed by atoms with van der Waals surface area (Å²) in [6, 6.07) is 5.53. The molecule has 2 N–H and O–H groups in total. The van der Waals surface area contributed by atoms with Gasteiger partial charge in [-0.1, -0.05) is 6.92 Å². The van der Waals surface area contributed by atoms with E-state index in [1.165, 1.54) is 11.3 Å². The van der Waals surface area contributed by atoms with E-state index in [9.17, 15) is 4.79 Å². The van der Waals surface area contributed by atoms with E-state index < -0.39 is 0 Å². The lowest BCUT2D eigenvalue weighted by molar-refractivity contribution is -0.119. The minimum Gasteiger partial charge on any atom is -0.497 e. The minimum atomic E-state index is -0.126. The first-order valence-corrected chi connectivity index (χ1v) is 8.10. The van der Waals surface area contributed by atoms with Gasteiger partial charge in [0, 0.05) is 23.4 Å². The van der Waals surface area contributed by atoms with Gasteiger partial charge in [0.1, 0.15) is 11.5 Å².